The van der Waals surface area contributed by atoms with E-state index in [0.29, 0.717) is 12.3 Å². The van der Waals surface area contributed by atoms with Gasteiger partial charge < -0.3 is 4.90 Å². The van der Waals surface area contributed by atoms with Crippen LogP contribution in [0.25, 0.3) is 0 Å². The fourth-order valence-electron chi connectivity index (χ4n) is 2.13. The lowest BCUT2D eigenvalue weighted by molar-refractivity contribution is -0.129. The molecule has 0 saturated carbocycles. The van der Waals surface area contributed by atoms with Crippen LogP contribution >= 0.6 is 11.8 Å². The molecule has 0 unspecified atom stereocenters. The summed E-state index contributed by atoms with van der Waals surface area (Å²) in [5.74, 6) is 2.34. The van der Waals surface area contributed by atoms with E-state index in [2.05, 4.69) is 31.2 Å². The van der Waals surface area contributed by atoms with E-state index >= 15 is 0 Å². The molecule has 3 heteroatoms. The van der Waals surface area contributed by atoms with Crippen LogP contribution in [0.2, 0.25) is 0 Å². The van der Waals surface area contributed by atoms with E-state index in [1.807, 2.05) is 16.7 Å². The van der Waals surface area contributed by atoms with Crippen molar-refractivity contribution in [2.75, 3.05) is 18.2 Å². The lowest BCUT2D eigenvalue weighted by Crippen LogP contribution is -2.27. The zero-order chi connectivity index (χ0) is 12.8. The molecule has 1 aromatic carbocycles. The monoisotopic (exact) mass is 263 g/mol. The Kier molecular flexibility index (Phi) is 5.12. The van der Waals surface area contributed by atoms with Crippen molar-refractivity contribution in [2.24, 2.45) is 0 Å². The molecule has 1 heterocycles. The molecule has 1 amide bonds. The Morgan fingerprint density at radius 1 is 1.28 bits per heavy atom. The molecule has 2 rings (SSSR count). The number of hydrogen-bond acceptors (Lipinski definition) is 2. The number of unbranched alkanes of at least 4 members (excludes halogenated alkanes) is 1. The van der Waals surface area contributed by atoms with Crippen molar-refractivity contribution in [3.8, 4) is 0 Å². The van der Waals surface area contributed by atoms with Gasteiger partial charge in [0.25, 0.3) is 0 Å². The minimum Gasteiger partial charge on any atom is -0.333 e. The van der Waals surface area contributed by atoms with Crippen LogP contribution in [0.5, 0.6) is 0 Å². The highest BCUT2D eigenvalue weighted by Gasteiger charge is 2.17. The molecule has 0 N–H and O–H groups in total. The lowest BCUT2D eigenvalue weighted by atomic mass is 10.1. The Bertz CT molecular complexity index is 382. The molecule has 98 valence electrons. The van der Waals surface area contributed by atoms with Crippen LogP contribution in [-0.4, -0.2) is 29.0 Å². The molecule has 1 aromatic rings. The van der Waals surface area contributed by atoms with Gasteiger partial charge in [-0.25, -0.2) is 0 Å². The van der Waals surface area contributed by atoms with Crippen LogP contribution in [0.1, 0.15) is 30.4 Å². The van der Waals surface area contributed by atoms with Crippen molar-refractivity contribution >= 4 is 17.7 Å². The summed E-state index contributed by atoms with van der Waals surface area (Å²) >= 11 is 1.85. The van der Waals surface area contributed by atoms with Crippen LogP contribution in [0.15, 0.2) is 24.3 Å². The first-order valence-electron chi connectivity index (χ1n) is 6.67. The zero-order valence-corrected chi connectivity index (χ0v) is 11.8. The molecule has 1 saturated heterocycles. The Morgan fingerprint density at radius 3 is 2.72 bits per heavy atom. The first-order valence-corrected chi connectivity index (χ1v) is 7.82. The van der Waals surface area contributed by atoms with E-state index in [4.69, 9.17) is 0 Å². The molecule has 1 fully saturated rings. The van der Waals surface area contributed by atoms with E-state index in [1.54, 1.807) is 0 Å². The van der Waals surface area contributed by atoms with E-state index in [-0.39, 0.29) is 0 Å². The van der Waals surface area contributed by atoms with Gasteiger partial charge in [0.05, 0.1) is 5.88 Å². The molecule has 0 aliphatic carbocycles. The lowest BCUT2D eigenvalue weighted by Gasteiger charge is -2.13. The third kappa shape index (κ3) is 4.05. The number of benzene rings is 1. The van der Waals surface area contributed by atoms with Crippen LogP contribution in [0.4, 0.5) is 0 Å². The van der Waals surface area contributed by atoms with Gasteiger partial charge in [-0.1, -0.05) is 29.8 Å². The number of hydrogen-bond donors (Lipinski definition) is 0. The van der Waals surface area contributed by atoms with Crippen LogP contribution in [0, 0.1) is 6.92 Å². The molecular weight excluding hydrogens is 242 g/mol. The van der Waals surface area contributed by atoms with E-state index in [1.165, 1.54) is 11.1 Å². The summed E-state index contributed by atoms with van der Waals surface area (Å²) in [6, 6.07) is 8.69. The summed E-state index contributed by atoms with van der Waals surface area (Å²) < 4.78 is 0. The number of carbonyl (C=O) groups excluding carboxylic acids is 1. The van der Waals surface area contributed by atoms with Gasteiger partial charge in [0.2, 0.25) is 5.91 Å². The number of thioether (sulfide) groups is 1. The van der Waals surface area contributed by atoms with Crippen molar-refractivity contribution in [3.63, 3.8) is 0 Å². The Morgan fingerprint density at radius 2 is 2.06 bits per heavy atom. The van der Waals surface area contributed by atoms with E-state index in [9.17, 15) is 4.79 Å². The molecule has 0 radical (unpaired) electrons. The fraction of sp³-hybridized carbons (Fsp3) is 0.533. The predicted octanol–water partition coefficient (Wildman–Crippen LogP) is 3.24. The van der Waals surface area contributed by atoms with Crippen molar-refractivity contribution in [1.29, 1.82) is 0 Å². The van der Waals surface area contributed by atoms with Gasteiger partial charge in [0.1, 0.15) is 0 Å². The topological polar surface area (TPSA) is 20.3 Å². The van der Waals surface area contributed by atoms with E-state index < -0.39 is 0 Å². The van der Waals surface area contributed by atoms with Crippen molar-refractivity contribution in [1.82, 2.24) is 4.90 Å². The summed E-state index contributed by atoms with van der Waals surface area (Å²) in [4.78, 5) is 13.8. The molecular formula is C15H21NOS. The summed E-state index contributed by atoms with van der Waals surface area (Å²) in [7, 11) is 0. The van der Waals surface area contributed by atoms with Crippen LogP contribution in [-0.2, 0) is 11.2 Å². The number of carbonyl (C=O) groups is 1. The molecule has 0 aromatic heterocycles. The Labute approximate surface area is 114 Å². The maximum absolute atomic E-state index is 11.8. The maximum Gasteiger partial charge on any atom is 0.223 e. The first-order chi connectivity index (χ1) is 8.75. The Balaban J connectivity index is 1.63. The van der Waals surface area contributed by atoms with Gasteiger partial charge in [0, 0.05) is 18.7 Å². The average molecular weight is 263 g/mol. The van der Waals surface area contributed by atoms with Crippen molar-refractivity contribution < 1.29 is 4.79 Å². The zero-order valence-electron chi connectivity index (χ0n) is 11.0. The number of nitrogens with zero attached hydrogens (tertiary/aromatic N) is 1. The third-order valence-corrected chi connectivity index (χ3v) is 4.30. The third-order valence-electron chi connectivity index (χ3n) is 3.33. The highest BCUT2D eigenvalue weighted by atomic mass is 32.2. The molecule has 1 aliphatic heterocycles. The SMILES string of the molecule is Cc1ccc(CCCCC(=O)N2CCSC2)cc1. The summed E-state index contributed by atoms with van der Waals surface area (Å²) in [6.45, 7) is 3.05. The summed E-state index contributed by atoms with van der Waals surface area (Å²) in [6.07, 6.45) is 3.92. The standard InChI is InChI=1S/C15H21NOS/c1-13-6-8-14(9-7-13)4-2-3-5-15(17)16-10-11-18-12-16/h6-9H,2-5,10-12H2,1H3. The van der Waals surface area contributed by atoms with Crippen molar-refractivity contribution in [2.45, 2.75) is 32.6 Å². The number of amides is 1. The van der Waals surface area contributed by atoms with Crippen LogP contribution < -0.4 is 0 Å². The molecule has 0 atom stereocenters. The smallest absolute Gasteiger partial charge is 0.223 e. The second kappa shape index (κ2) is 6.83. The van der Waals surface area contributed by atoms with Gasteiger partial charge in [-0.05, 0) is 31.7 Å². The van der Waals surface area contributed by atoms with Gasteiger partial charge >= 0.3 is 0 Å². The Hall–Kier alpha value is -0.960. The molecule has 0 bridgehead atoms. The van der Waals surface area contributed by atoms with Gasteiger partial charge in [-0.2, -0.15) is 0 Å². The maximum atomic E-state index is 11.8. The van der Waals surface area contributed by atoms with E-state index in [0.717, 1.165) is 37.4 Å². The van der Waals surface area contributed by atoms with Crippen molar-refractivity contribution in [3.05, 3.63) is 35.4 Å². The largest absolute Gasteiger partial charge is 0.333 e. The number of aryl methyl sites for hydroxylation is 2. The summed E-state index contributed by atoms with van der Waals surface area (Å²) in [5.41, 5.74) is 2.69. The van der Waals surface area contributed by atoms with Gasteiger partial charge in [0.15, 0.2) is 0 Å². The highest BCUT2D eigenvalue weighted by Crippen LogP contribution is 2.15. The first kappa shape index (κ1) is 13.5. The predicted molar refractivity (Wildman–Crippen MR) is 77.8 cm³/mol. The minimum atomic E-state index is 0.337. The normalized spacial score (nSPS) is 15.1. The second-order valence-corrected chi connectivity index (χ2v) is 5.96. The second-order valence-electron chi connectivity index (χ2n) is 4.89. The minimum absolute atomic E-state index is 0.337. The highest BCUT2D eigenvalue weighted by molar-refractivity contribution is 7.99. The molecule has 18 heavy (non-hydrogen) atoms. The van der Waals surface area contributed by atoms with Gasteiger partial charge in [-0.3, -0.25) is 4.79 Å². The molecule has 0 spiro atoms. The quantitative estimate of drug-likeness (QED) is 0.760. The number of rotatable bonds is 5. The van der Waals surface area contributed by atoms with Gasteiger partial charge in [-0.15, -0.1) is 11.8 Å². The molecule has 2 nitrogen and oxygen atoms in total. The average Bonchev–Trinajstić information content (AvgIpc) is 2.90. The van der Waals surface area contributed by atoms with Crippen LogP contribution in [0.3, 0.4) is 0 Å². The fourth-order valence-corrected chi connectivity index (χ4v) is 3.10. The summed E-state index contributed by atoms with van der Waals surface area (Å²) in [5, 5.41) is 0. The molecule has 1 aliphatic rings.